The Kier molecular flexibility index (Phi) is 6.06. The van der Waals surface area contributed by atoms with Gasteiger partial charge < -0.3 is 16.0 Å². The van der Waals surface area contributed by atoms with E-state index in [-0.39, 0.29) is 5.91 Å². The summed E-state index contributed by atoms with van der Waals surface area (Å²) in [6.45, 7) is 5.66. The molecule has 0 saturated carbocycles. The fourth-order valence-electron chi connectivity index (χ4n) is 4.27. The van der Waals surface area contributed by atoms with E-state index >= 15 is 0 Å². The second-order valence-electron chi connectivity index (χ2n) is 8.54. The van der Waals surface area contributed by atoms with Crippen LogP contribution in [0.4, 0.5) is 17.3 Å². The van der Waals surface area contributed by atoms with Gasteiger partial charge in [-0.15, -0.1) is 0 Å². The number of nitrogens with one attached hydrogen (secondary N) is 3. The third-order valence-corrected chi connectivity index (χ3v) is 6.10. The Labute approximate surface area is 199 Å². The van der Waals surface area contributed by atoms with Crippen LogP contribution in [0.1, 0.15) is 32.7 Å². The van der Waals surface area contributed by atoms with Gasteiger partial charge in [0, 0.05) is 47.6 Å². The van der Waals surface area contributed by atoms with Crippen molar-refractivity contribution in [3.8, 4) is 11.3 Å². The lowest BCUT2D eigenvalue weighted by Crippen LogP contribution is -2.26. The van der Waals surface area contributed by atoms with Crippen LogP contribution >= 0.6 is 0 Å². The average Bonchev–Trinajstić information content (AvgIpc) is 2.87. The van der Waals surface area contributed by atoms with E-state index in [1.165, 1.54) is 0 Å². The molecule has 6 nitrogen and oxygen atoms in total. The normalized spacial score (nSPS) is 12.6. The molecule has 1 aliphatic heterocycles. The monoisotopic (exact) mass is 449 g/mol. The van der Waals surface area contributed by atoms with Crippen LogP contribution in [0.5, 0.6) is 0 Å². The highest BCUT2D eigenvalue weighted by Crippen LogP contribution is 2.28. The van der Waals surface area contributed by atoms with E-state index < -0.39 is 0 Å². The Balaban J connectivity index is 1.37. The molecule has 0 bridgehead atoms. The van der Waals surface area contributed by atoms with Crippen LogP contribution in [0.3, 0.4) is 0 Å². The lowest BCUT2D eigenvalue weighted by Gasteiger charge is -2.20. The smallest absolute Gasteiger partial charge is 0.255 e. The number of hydrogen-bond donors (Lipinski definition) is 3. The Morgan fingerprint density at radius 3 is 2.35 bits per heavy atom. The summed E-state index contributed by atoms with van der Waals surface area (Å²) in [5.41, 5.74) is 8.62. The summed E-state index contributed by atoms with van der Waals surface area (Å²) in [6, 6.07) is 23.6. The number of hydrogen-bond acceptors (Lipinski definition) is 5. The van der Waals surface area contributed by atoms with E-state index in [2.05, 4.69) is 28.1 Å². The van der Waals surface area contributed by atoms with Crippen molar-refractivity contribution in [2.45, 2.75) is 26.8 Å². The first-order valence-electron chi connectivity index (χ1n) is 11.5. The van der Waals surface area contributed by atoms with Crippen molar-refractivity contribution in [2.24, 2.45) is 0 Å². The zero-order valence-corrected chi connectivity index (χ0v) is 19.4. The molecule has 0 aliphatic carbocycles. The maximum Gasteiger partial charge on any atom is 0.255 e. The minimum Gasteiger partial charge on any atom is -0.324 e. The molecule has 4 aromatic rings. The van der Waals surface area contributed by atoms with Gasteiger partial charge in [0.05, 0.1) is 11.4 Å². The molecule has 1 amide bonds. The van der Waals surface area contributed by atoms with Gasteiger partial charge in [-0.2, -0.15) is 0 Å². The zero-order chi connectivity index (χ0) is 23.5. The standard InChI is InChI=1S/C28H27N5O/c1-18-7-6-8-19(2)25(18)32-27(34)21-11-13-22(14-12-21)30-28-31-24-15-16-29-17-23(24)26(33-28)20-9-4-3-5-10-20/h3-14,29H,15-17H2,1-2H3,(H,32,34)(H,30,31,33). The molecule has 0 saturated heterocycles. The lowest BCUT2D eigenvalue weighted by molar-refractivity contribution is 0.102. The number of para-hydroxylation sites is 1. The molecule has 34 heavy (non-hydrogen) atoms. The Morgan fingerprint density at radius 1 is 0.882 bits per heavy atom. The molecule has 2 heterocycles. The summed E-state index contributed by atoms with van der Waals surface area (Å²) in [4.78, 5) is 22.4. The third-order valence-electron chi connectivity index (χ3n) is 6.10. The van der Waals surface area contributed by atoms with Gasteiger partial charge in [-0.05, 0) is 49.2 Å². The second kappa shape index (κ2) is 9.45. The molecule has 0 radical (unpaired) electrons. The topological polar surface area (TPSA) is 78.9 Å². The number of amides is 1. The van der Waals surface area contributed by atoms with Crippen molar-refractivity contribution in [2.75, 3.05) is 17.2 Å². The summed E-state index contributed by atoms with van der Waals surface area (Å²) in [5, 5.41) is 9.78. The number of benzene rings is 3. The average molecular weight is 450 g/mol. The first-order chi connectivity index (χ1) is 16.6. The summed E-state index contributed by atoms with van der Waals surface area (Å²) in [6.07, 6.45) is 0.865. The van der Waals surface area contributed by atoms with Gasteiger partial charge in [0.25, 0.3) is 5.91 Å². The van der Waals surface area contributed by atoms with E-state index in [0.29, 0.717) is 11.5 Å². The van der Waals surface area contributed by atoms with Gasteiger partial charge in [0.2, 0.25) is 5.95 Å². The van der Waals surface area contributed by atoms with Crippen LogP contribution in [-0.4, -0.2) is 22.4 Å². The van der Waals surface area contributed by atoms with Gasteiger partial charge in [-0.25, -0.2) is 9.97 Å². The minimum absolute atomic E-state index is 0.132. The summed E-state index contributed by atoms with van der Waals surface area (Å²) < 4.78 is 0. The van der Waals surface area contributed by atoms with Crippen molar-refractivity contribution in [3.63, 3.8) is 0 Å². The predicted molar refractivity (Wildman–Crippen MR) is 136 cm³/mol. The fraction of sp³-hybridized carbons (Fsp3) is 0.179. The Bertz CT molecular complexity index is 1310. The zero-order valence-electron chi connectivity index (χ0n) is 19.4. The number of aromatic nitrogens is 2. The predicted octanol–water partition coefficient (Wildman–Crippen LogP) is 5.40. The van der Waals surface area contributed by atoms with E-state index in [0.717, 1.165) is 64.5 Å². The van der Waals surface area contributed by atoms with Gasteiger partial charge >= 0.3 is 0 Å². The van der Waals surface area contributed by atoms with E-state index in [9.17, 15) is 4.79 Å². The van der Waals surface area contributed by atoms with Crippen LogP contribution in [0, 0.1) is 13.8 Å². The number of fused-ring (bicyclic) bond motifs is 1. The fourth-order valence-corrected chi connectivity index (χ4v) is 4.27. The molecule has 0 fully saturated rings. The summed E-state index contributed by atoms with van der Waals surface area (Å²) in [5.74, 6) is 0.431. The number of rotatable bonds is 5. The van der Waals surface area contributed by atoms with Crippen LogP contribution in [0.15, 0.2) is 72.8 Å². The van der Waals surface area contributed by atoms with Crippen LogP contribution < -0.4 is 16.0 Å². The molecular formula is C28H27N5O. The second-order valence-corrected chi connectivity index (χ2v) is 8.54. The van der Waals surface area contributed by atoms with E-state index in [4.69, 9.17) is 9.97 Å². The van der Waals surface area contributed by atoms with Gasteiger partial charge in [-0.3, -0.25) is 4.79 Å². The first kappa shape index (κ1) is 21.8. The number of nitrogens with zero attached hydrogens (tertiary/aromatic N) is 2. The summed E-state index contributed by atoms with van der Waals surface area (Å²) >= 11 is 0. The molecule has 3 aromatic carbocycles. The summed E-state index contributed by atoms with van der Waals surface area (Å²) in [7, 11) is 0. The molecule has 6 heteroatoms. The Morgan fingerprint density at radius 2 is 1.62 bits per heavy atom. The molecular weight excluding hydrogens is 422 g/mol. The van der Waals surface area contributed by atoms with Gasteiger partial charge in [-0.1, -0.05) is 48.5 Å². The van der Waals surface area contributed by atoms with Crippen molar-refractivity contribution in [3.05, 3.63) is 101 Å². The highest BCUT2D eigenvalue weighted by atomic mass is 16.1. The largest absolute Gasteiger partial charge is 0.324 e. The van der Waals surface area contributed by atoms with Crippen molar-refractivity contribution < 1.29 is 4.79 Å². The SMILES string of the molecule is Cc1cccc(C)c1NC(=O)c1ccc(Nc2nc3c(c(-c4ccccc4)n2)CNCC3)cc1. The Hall–Kier alpha value is -4.03. The molecule has 0 spiro atoms. The van der Waals surface area contributed by atoms with Crippen LogP contribution in [0.2, 0.25) is 0 Å². The van der Waals surface area contributed by atoms with Gasteiger partial charge in [0.15, 0.2) is 0 Å². The van der Waals surface area contributed by atoms with E-state index in [1.807, 2.05) is 74.5 Å². The van der Waals surface area contributed by atoms with Crippen molar-refractivity contribution in [1.29, 1.82) is 0 Å². The highest BCUT2D eigenvalue weighted by molar-refractivity contribution is 6.05. The quantitative estimate of drug-likeness (QED) is 0.380. The number of anilines is 3. The highest BCUT2D eigenvalue weighted by Gasteiger charge is 2.19. The van der Waals surface area contributed by atoms with E-state index in [1.54, 1.807) is 0 Å². The molecule has 1 aromatic heterocycles. The maximum atomic E-state index is 12.8. The number of aryl methyl sites for hydroxylation is 2. The first-order valence-corrected chi connectivity index (χ1v) is 11.5. The number of carbonyl (C=O) groups is 1. The number of carbonyl (C=O) groups excluding carboxylic acids is 1. The molecule has 0 atom stereocenters. The minimum atomic E-state index is -0.132. The molecule has 1 aliphatic rings. The van der Waals surface area contributed by atoms with Crippen LogP contribution in [-0.2, 0) is 13.0 Å². The maximum absolute atomic E-state index is 12.8. The van der Waals surface area contributed by atoms with Crippen LogP contribution in [0.25, 0.3) is 11.3 Å². The molecule has 3 N–H and O–H groups in total. The molecule has 170 valence electrons. The third kappa shape index (κ3) is 4.54. The van der Waals surface area contributed by atoms with Crippen molar-refractivity contribution in [1.82, 2.24) is 15.3 Å². The molecule has 0 unspecified atom stereocenters. The van der Waals surface area contributed by atoms with Crippen molar-refractivity contribution >= 4 is 23.2 Å². The van der Waals surface area contributed by atoms with Gasteiger partial charge in [0.1, 0.15) is 0 Å². The molecule has 5 rings (SSSR count). The lowest BCUT2D eigenvalue weighted by atomic mass is 10.0.